The molecule has 0 fully saturated rings. The van der Waals surface area contributed by atoms with Crippen LogP contribution in [0.4, 0.5) is 0 Å². The van der Waals surface area contributed by atoms with Crippen LogP contribution in [-0.4, -0.2) is 20.2 Å². The largest absolute Gasteiger partial charge is 0.205 e. The van der Waals surface area contributed by atoms with Gasteiger partial charge in [0.05, 0.1) is 7.05 Å². The molecule has 3 rings (SSSR count). The summed E-state index contributed by atoms with van der Waals surface area (Å²) in [6.45, 7) is 0. The zero-order valence-corrected chi connectivity index (χ0v) is 11.1. The molecule has 0 saturated heterocycles. The lowest BCUT2D eigenvalue weighted by Gasteiger charge is -2.01. The van der Waals surface area contributed by atoms with E-state index in [1.165, 1.54) is 4.80 Å². The topological polar surface area (TPSA) is 43.6 Å². The fourth-order valence-corrected chi connectivity index (χ4v) is 1.99. The Bertz CT molecular complexity index is 729. The molecule has 1 heterocycles. The Morgan fingerprint density at radius 1 is 0.900 bits per heavy atom. The van der Waals surface area contributed by atoms with Gasteiger partial charge in [0.1, 0.15) is 0 Å². The van der Waals surface area contributed by atoms with Crippen molar-refractivity contribution in [3.05, 3.63) is 65.7 Å². The van der Waals surface area contributed by atoms with Crippen molar-refractivity contribution in [2.45, 2.75) is 0 Å². The maximum Gasteiger partial charge on any atom is 0.205 e. The molecule has 1 aromatic heterocycles. The summed E-state index contributed by atoms with van der Waals surface area (Å²) in [4.78, 5) is 1.47. The van der Waals surface area contributed by atoms with E-state index >= 15 is 0 Å². The average molecular weight is 262 g/mol. The highest BCUT2D eigenvalue weighted by Gasteiger charge is 2.07. The zero-order valence-electron chi connectivity index (χ0n) is 11.1. The summed E-state index contributed by atoms with van der Waals surface area (Å²) in [5, 5.41) is 12.2. The number of aryl methyl sites for hydroxylation is 1. The van der Waals surface area contributed by atoms with Crippen molar-refractivity contribution in [1.29, 1.82) is 0 Å². The maximum absolute atomic E-state index is 4.26. The van der Waals surface area contributed by atoms with Crippen LogP contribution in [0.25, 0.3) is 23.5 Å². The summed E-state index contributed by atoms with van der Waals surface area (Å²) in [5.41, 5.74) is 3.21. The highest BCUT2D eigenvalue weighted by Crippen LogP contribution is 2.21. The van der Waals surface area contributed by atoms with Gasteiger partial charge in [-0.25, -0.2) is 0 Å². The lowest BCUT2D eigenvalue weighted by Crippen LogP contribution is -1.92. The number of tetrazole rings is 1. The van der Waals surface area contributed by atoms with Crippen molar-refractivity contribution >= 4 is 12.2 Å². The van der Waals surface area contributed by atoms with Gasteiger partial charge in [-0.2, -0.15) is 4.80 Å². The number of hydrogen-bond donors (Lipinski definition) is 0. The number of nitrogens with zero attached hydrogens (tertiary/aromatic N) is 4. The van der Waals surface area contributed by atoms with Gasteiger partial charge in [-0.15, -0.1) is 10.2 Å². The first-order chi connectivity index (χ1) is 9.83. The van der Waals surface area contributed by atoms with Gasteiger partial charge in [0.15, 0.2) is 0 Å². The van der Waals surface area contributed by atoms with Crippen molar-refractivity contribution < 1.29 is 0 Å². The number of benzene rings is 2. The van der Waals surface area contributed by atoms with Crippen LogP contribution in [0.2, 0.25) is 0 Å². The van der Waals surface area contributed by atoms with Gasteiger partial charge in [0, 0.05) is 5.56 Å². The van der Waals surface area contributed by atoms with E-state index in [9.17, 15) is 0 Å². The minimum Gasteiger partial charge on any atom is -0.167 e. The fourth-order valence-electron chi connectivity index (χ4n) is 1.99. The van der Waals surface area contributed by atoms with Crippen molar-refractivity contribution in [3.8, 4) is 11.4 Å². The molecular formula is C16H14N4. The number of hydrogen-bond acceptors (Lipinski definition) is 3. The Morgan fingerprint density at radius 2 is 1.65 bits per heavy atom. The molecule has 0 spiro atoms. The van der Waals surface area contributed by atoms with Crippen LogP contribution in [0.3, 0.4) is 0 Å². The summed E-state index contributed by atoms with van der Waals surface area (Å²) in [5.74, 6) is 0.640. The Morgan fingerprint density at radius 3 is 2.40 bits per heavy atom. The van der Waals surface area contributed by atoms with Gasteiger partial charge < -0.3 is 0 Å². The highest BCUT2D eigenvalue weighted by atomic mass is 15.6. The van der Waals surface area contributed by atoms with E-state index in [-0.39, 0.29) is 0 Å². The first-order valence-electron chi connectivity index (χ1n) is 6.39. The fraction of sp³-hybridized carbons (Fsp3) is 0.0625. The second kappa shape index (κ2) is 5.48. The van der Waals surface area contributed by atoms with Gasteiger partial charge >= 0.3 is 0 Å². The molecule has 0 aliphatic heterocycles. The predicted octanol–water partition coefficient (Wildman–Crippen LogP) is 3.05. The van der Waals surface area contributed by atoms with E-state index in [1.807, 2.05) is 42.5 Å². The van der Waals surface area contributed by atoms with E-state index < -0.39 is 0 Å². The molecule has 0 N–H and O–H groups in total. The second-order valence-electron chi connectivity index (χ2n) is 4.43. The molecule has 0 atom stereocenters. The molecule has 3 aromatic rings. The van der Waals surface area contributed by atoms with Crippen LogP contribution < -0.4 is 0 Å². The number of aromatic nitrogens is 4. The summed E-state index contributed by atoms with van der Waals surface area (Å²) in [7, 11) is 1.76. The molecule has 0 amide bonds. The molecule has 0 bridgehead atoms. The third-order valence-corrected chi connectivity index (χ3v) is 2.96. The Kier molecular flexibility index (Phi) is 3.37. The van der Waals surface area contributed by atoms with Crippen molar-refractivity contribution in [1.82, 2.24) is 20.2 Å². The van der Waals surface area contributed by atoms with Crippen LogP contribution in [0.15, 0.2) is 54.6 Å². The molecular weight excluding hydrogens is 248 g/mol. The highest BCUT2D eigenvalue weighted by molar-refractivity contribution is 5.78. The van der Waals surface area contributed by atoms with Crippen molar-refractivity contribution in [3.63, 3.8) is 0 Å². The lowest BCUT2D eigenvalue weighted by molar-refractivity contribution is 0.630. The molecule has 0 aliphatic rings. The quantitative estimate of drug-likeness (QED) is 0.681. The van der Waals surface area contributed by atoms with Crippen LogP contribution in [-0.2, 0) is 7.05 Å². The molecule has 20 heavy (non-hydrogen) atoms. The molecule has 98 valence electrons. The van der Waals surface area contributed by atoms with Gasteiger partial charge in [0.2, 0.25) is 5.82 Å². The Labute approximate surface area is 117 Å². The summed E-state index contributed by atoms with van der Waals surface area (Å²) in [6, 6.07) is 18.2. The van der Waals surface area contributed by atoms with Crippen molar-refractivity contribution in [2.24, 2.45) is 7.05 Å². The van der Waals surface area contributed by atoms with E-state index in [2.05, 4.69) is 39.7 Å². The van der Waals surface area contributed by atoms with Crippen LogP contribution in [0.1, 0.15) is 11.1 Å². The van der Waals surface area contributed by atoms with Gasteiger partial charge in [-0.3, -0.25) is 0 Å². The monoisotopic (exact) mass is 262 g/mol. The van der Waals surface area contributed by atoms with Crippen LogP contribution in [0.5, 0.6) is 0 Å². The van der Waals surface area contributed by atoms with Gasteiger partial charge in [-0.1, -0.05) is 66.7 Å². The maximum atomic E-state index is 4.26. The lowest BCUT2D eigenvalue weighted by atomic mass is 10.1. The van der Waals surface area contributed by atoms with E-state index in [1.54, 1.807) is 7.05 Å². The molecule has 0 aliphatic carbocycles. The van der Waals surface area contributed by atoms with Crippen molar-refractivity contribution in [2.75, 3.05) is 0 Å². The minimum atomic E-state index is 0.640. The molecule has 2 aromatic carbocycles. The Hall–Kier alpha value is -2.75. The van der Waals surface area contributed by atoms with E-state index in [0.717, 1.165) is 16.7 Å². The summed E-state index contributed by atoms with van der Waals surface area (Å²) in [6.07, 6.45) is 4.15. The Balaban J connectivity index is 1.96. The molecule has 4 heteroatoms. The van der Waals surface area contributed by atoms with Crippen LogP contribution in [0, 0.1) is 0 Å². The molecule has 0 saturated carbocycles. The first-order valence-corrected chi connectivity index (χ1v) is 6.39. The normalized spacial score (nSPS) is 11.1. The summed E-state index contributed by atoms with van der Waals surface area (Å²) >= 11 is 0. The SMILES string of the molecule is Cn1nnc(-c2ccccc2C=Cc2ccccc2)n1. The van der Waals surface area contributed by atoms with Gasteiger partial charge in [0.25, 0.3) is 0 Å². The smallest absolute Gasteiger partial charge is 0.167 e. The average Bonchev–Trinajstić information content (AvgIpc) is 2.93. The second-order valence-corrected chi connectivity index (χ2v) is 4.43. The van der Waals surface area contributed by atoms with Gasteiger partial charge in [-0.05, 0) is 16.3 Å². The predicted molar refractivity (Wildman–Crippen MR) is 79.6 cm³/mol. The number of rotatable bonds is 3. The molecule has 0 radical (unpaired) electrons. The first kappa shape index (κ1) is 12.3. The standard InChI is InChI=1S/C16H14N4/c1-20-18-16(17-19-20)15-10-6-5-9-14(15)12-11-13-7-3-2-4-8-13/h2-12H,1H3. The third-order valence-electron chi connectivity index (χ3n) is 2.96. The molecule has 0 unspecified atom stereocenters. The van der Waals surface area contributed by atoms with E-state index in [0.29, 0.717) is 5.82 Å². The van der Waals surface area contributed by atoms with Crippen LogP contribution >= 0.6 is 0 Å². The summed E-state index contributed by atoms with van der Waals surface area (Å²) < 4.78 is 0. The molecule has 4 nitrogen and oxygen atoms in total. The minimum absolute atomic E-state index is 0.640. The van der Waals surface area contributed by atoms with E-state index in [4.69, 9.17) is 0 Å². The zero-order chi connectivity index (χ0) is 13.8. The third kappa shape index (κ3) is 2.64.